The Morgan fingerprint density at radius 2 is 2.16 bits per heavy atom. The van der Waals surface area contributed by atoms with Crippen molar-refractivity contribution in [1.29, 1.82) is 0 Å². The third-order valence-electron chi connectivity index (χ3n) is 3.12. The zero-order valence-corrected chi connectivity index (χ0v) is 11.4. The Morgan fingerprint density at radius 1 is 1.42 bits per heavy atom. The van der Waals surface area contributed by atoms with Crippen LogP contribution < -0.4 is 11.1 Å². The normalized spacial score (nSPS) is 10.5. The van der Waals surface area contributed by atoms with E-state index < -0.39 is 0 Å². The molecule has 0 aliphatic rings. The van der Waals surface area contributed by atoms with Crippen molar-refractivity contribution in [1.82, 2.24) is 14.9 Å². The molecule has 0 unspecified atom stereocenters. The average Bonchev–Trinajstić information content (AvgIpc) is 2.70. The van der Waals surface area contributed by atoms with Crippen LogP contribution in [0.4, 0.5) is 5.69 Å². The number of nitrogen functional groups attached to an aromatic ring is 1. The molecule has 19 heavy (non-hydrogen) atoms. The maximum atomic E-state index is 12.1. The van der Waals surface area contributed by atoms with Gasteiger partial charge in [0.15, 0.2) is 0 Å². The maximum Gasteiger partial charge on any atom is 0.253 e. The molecule has 0 spiro atoms. The molecule has 0 aliphatic carbocycles. The lowest BCUT2D eigenvalue weighted by Gasteiger charge is -2.12. The molecule has 0 saturated heterocycles. The Balaban J connectivity index is 2.58. The summed E-state index contributed by atoms with van der Waals surface area (Å²) in [5.41, 5.74) is 9.73. The number of hydrogen-bond donors (Lipinski definition) is 2. The standard InChI is InChI=1S/C14H18N4O/c1-4-16-14(19)12-6-5-11(15)7-13(12)18-8-17-9(2)10(18)3/h5-8H,4,15H2,1-3H3,(H,16,19). The summed E-state index contributed by atoms with van der Waals surface area (Å²) in [6, 6.07) is 5.26. The molecule has 0 saturated carbocycles. The maximum absolute atomic E-state index is 12.1. The van der Waals surface area contributed by atoms with Crippen molar-refractivity contribution in [2.75, 3.05) is 12.3 Å². The number of nitrogens with zero attached hydrogens (tertiary/aromatic N) is 2. The van der Waals surface area contributed by atoms with Crippen LogP contribution in [0.5, 0.6) is 0 Å². The smallest absolute Gasteiger partial charge is 0.253 e. The quantitative estimate of drug-likeness (QED) is 0.825. The predicted molar refractivity (Wildman–Crippen MR) is 75.5 cm³/mol. The molecule has 5 nitrogen and oxygen atoms in total. The second-order valence-corrected chi connectivity index (χ2v) is 4.42. The Labute approximate surface area is 112 Å². The molecule has 5 heteroatoms. The monoisotopic (exact) mass is 258 g/mol. The summed E-state index contributed by atoms with van der Waals surface area (Å²) in [5.74, 6) is -0.108. The van der Waals surface area contributed by atoms with Crippen molar-refractivity contribution in [3.63, 3.8) is 0 Å². The van der Waals surface area contributed by atoms with Crippen molar-refractivity contribution in [2.45, 2.75) is 20.8 Å². The summed E-state index contributed by atoms with van der Waals surface area (Å²) in [5, 5.41) is 2.80. The van der Waals surface area contributed by atoms with E-state index in [0.29, 0.717) is 17.8 Å². The summed E-state index contributed by atoms with van der Waals surface area (Å²) < 4.78 is 1.89. The van der Waals surface area contributed by atoms with E-state index in [4.69, 9.17) is 5.73 Å². The fraction of sp³-hybridized carbons (Fsp3) is 0.286. The van der Waals surface area contributed by atoms with E-state index in [1.165, 1.54) is 0 Å². The summed E-state index contributed by atoms with van der Waals surface area (Å²) in [6.45, 7) is 6.38. The van der Waals surface area contributed by atoms with Gasteiger partial charge in [0.2, 0.25) is 0 Å². The fourth-order valence-corrected chi connectivity index (χ4v) is 1.94. The van der Waals surface area contributed by atoms with Crippen molar-refractivity contribution >= 4 is 11.6 Å². The number of carbonyl (C=O) groups excluding carboxylic acids is 1. The van der Waals surface area contributed by atoms with Crippen LogP contribution in [0, 0.1) is 13.8 Å². The Kier molecular flexibility index (Phi) is 3.55. The molecule has 0 fully saturated rings. The van der Waals surface area contributed by atoms with Crippen LogP contribution in [0.1, 0.15) is 28.7 Å². The van der Waals surface area contributed by atoms with Crippen LogP contribution in [0.25, 0.3) is 5.69 Å². The highest BCUT2D eigenvalue weighted by atomic mass is 16.1. The molecule has 1 aromatic carbocycles. The van der Waals surface area contributed by atoms with Gasteiger partial charge in [-0.2, -0.15) is 0 Å². The van der Waals surface area contributed by atoms with Gasteiger partial charge < -0.3 is 15.6 Å². The number of imidazole rings is 1. The summed E-state index contributed by atoms with van der Waals surface area (Å²) >= 11 is 0. The molecule has 1 amide bonds. The van der Waals surface area contributed by atoms with E-state index in [2.05, 4.69) is 10.3 Å². The third kappa shape index (κ3) is 2.45. The van der Waals surface area contributed by atoms with Gasteiger partial charge in [0, 0.05) is 17.9 Å². The van der Waals surface area contributed by atoms with Crippen molar-refractivity contribution in [3.05, 3.63) is 41.5 Å². The van der Waals surface area contributed by atoms with Gasteiger partial charge in [-0.1, -0.05) is 0 Å². The zero-order valence-electron chi connectivity index (χ0n) is 11.4. The molecular weight excluding hydrogens is 240 g/mol. The second-order valence-electron chi connectivity index (χ2n) is 4.42. The first-order chi connectivity index (χ1) is 9.04. The molecule has 0 bridgehead atoms. The molecular formula is C14H18N4O. The molecule has 1 heterocycles. The number of anilines is 1. The third-order valence-corrected chi connectivity index (χ3v) is 3.12. The number of aryl methyl sites for hydroxylation is 1. The topological polar surface area (TPSA) is 72.9 Å². The minimum Gasteiger partial charge on any atom is -0.399 e. The number of benzene rings is 1. The van der Waals surface area contributed by atoms with E-state index in [-0.39, 0.29) is 5.91 Å². The number of nitrogens with two attached hydrogens (primary N) is 1. The van der Waals surface area contributed by atoms with Crippen molar-refractivity contribution in [3.8, 4) is 5.69 Å². The van der Waals surface area contributed by atoms with Gasteiger partial charge >= 0.3 is 0 Å². The minimum atomic E-state index is -0.108. The first-order valence-electron chi connectivity index (χ1n) is 6.23. The van der Waals surface area contributed by atoms with Gasteiger partial charge in [-0.25, -0.2) is 4.98 Å². The van der Waals surface area contributed by atoms with Crippen LogP contribution >= 0.6 is 0 Å². The Morgan fingerprint density at radius 3 is 2.74 bits per heavy atom. The highest BCUT2D eigenvalue weighted by molar-refractivity contribution is 5.98. The molecule has 2 aromatic rings. The fourth-order valence-electron chi connectivity index (χ4n) is 1.94. The number of hydrogen-bond acceptors (Lipinski definition) is 3. The first-order valence-corrected chi connectivity index (χ1v) is 6.23. The Hall–Kier alpha value is -2.30. The van der Waals surface area contributed by atoms with Crippen molar-refractivity contribution in [2.24, 2.45) is 0 Å². The van der Waals surface area contributed by atoms with Gasteiger partial charge in [-0.15, -0.1) is 0 Å². The Bertz CT molecular complexity index is 616. The van der Waals surface area contributed by atoms with Crippen LogP contribution in [-0.4, -0.2) is 22.0 Å². The molecule has 3 N–H and O–H groups in total. The SMILES string of the molecule is CCNC(=O)c1ccc(N)cc1-n1cnc(C)c1C. The predicted octanol–water partition coefficient (Wildman–Crippen LogP) is 1.82. The minimum absolute atomic E-state index is 0.108. The zero-order chi connectivity index (χ0) is 14.0. The lowest BCUT2D eigenvalue weighted by atomic mass is 10.1. The number of carbonyl (C=O) groups is 1. The highest BCUT2D eigenvalue weighted by Gasteiger charge is 2.14. The summed E-state index contributed by atoms with van der Waals surface area (Å²) in [4.78, 5) is 16.3. The second kappa shape index (κ2) is 5.14. The first kappa shape index (κ1) is 13.1. The van der Waals surface area contributed by atoms with Gasteiger partial charge in [0.05, 0.1) is 23.3 Å². The lowest BCUT2D eigenvalue weighted by Crippen LogP contribution is -2.24. The van der Waals surface area contributed by atoms with E-state index in [9.17, 15) is 4.79 Å². The van der Waals surface area contributed by atoms with E-state index in [1.807, 2.05) is 25.3 Å². The molecule has 100 valence electrons. The molecule has 1 aromatic heterocycles. The van der Waals surface area contributed by atoms with Crippen LogP contribution in [0.3, 0.4) is 0 Å². The average molecular weight is 258 g/mol. The molecule has 0 atom stereocenters. The van der Waals surface area contributed by atoms with Crippen LogP contribution in [0.2, 0.25) is 0 Å². The van der Waals surface area contributed by atoms with E-state index in [1.54, 1.807) is 24.5 Å². The highest BCUT2D eigenvalue weighted by Crippen LogP contribution is 2.21. The largest absolute Gasteiger partial charge is 0.399 e. The number of aromatic nitrogens is 2. The van der Waals surface area contributed by atoms with Gasteiger partial charge in [-0.05, 0) is 39.0 Å². The number of nitrogens with one attached hydrogen (secondary N) is 1. The van der Waals surface area contributed by atoms with Crippen LogP contribution in [-0.2, 0) is 0 Å². The summed E-state index contributed by atoms with van der Waals surface area (Å²) in [6.07, 6.45) is 1.71. The van der Waals surface area contributed by atoms with Crippen molar-refractivity contribution < 1.29 is 4.79 Å². The van der Waals surface area contributed by atoms with Gasteiger partial charge in [0.25, 0.3) is 5.91 Å². The van der Waals surface area contributed by atoms with Gasteiger partial charge in [0.1, 0.15) is 0 Å². The van der Waals surface area contributed by atoms with E-state index >= 15 is 0 Å². The van der Waals surface area contributed by atoms with Gasteiger partial charge in [-0.3, -0.25) is 4.79 Å². The molecule has 0 aliphatic heterocycles. The molecule has 0 radical (unpaired) electrons. The van der Waals surface area contributed by atoms with Crippen LogP contribution in [0.15, 0.2) is 24.5 Å². The number of amides is 1. The number of rotatable bonds is 3. The molecule has 2 rings (SSSR count). The van der Waals surface area contributed by atoms with E-state index in [0.717, 1.165) is 17.1 Å². The summed E-state index contributed by atoms with van der Waals surface area (Å²) in [7, 11) is 0. The lowest BCUT2D eigenvalue weighted by molar-refractivity contribution is 0.0956.